The van der Waals surface area contributed by atoms with Gasteiger partial charge in [0.15, 0.2) is 0 Å². The van der Waals surface area contributed by atoms with Gasteiger partial charge in [-0.05, 0) is 46.0 Å². The van der Waals surface area contributed by atoms with Crippen LogP contribution in [0.4, 0.5) is 0 Å². The van der Waals surface area contributed by atoms with E-state index in [2.05, 4.69) is 41.3 Å². The van der Waals surface area contributed by atoms with Gasteiger partial charge in [0.25, 0.3) is 0 Å². The van der Waals surface area contributed by atoms with E-state index in [1.165, 1.54) is 11.1 Å². The maximum Gasteiger partial charge on any atom is 0.241 e. The topological polar surface area (TPSA) is 50.2 Å². The number of likely N-dealkylation sites (N-methyl/N-ethyl adjacent to an activating group) is 1. The number of aromatic nitrogens is 2. The number of hydrogen-bond acceptors (Lipinski definition) is 3. The Morgan fingerprint density at radius 3 is 2.32 bits per heavy atom. The Morgan fingerprint density at radius 1 is 1.24 bits per heavy atom. The van der Waals surface area contributed by atoms with Crippen LogP contribution in [0.1, 0.15) is 35.0 Å². The molecule has 0 unspecified atom stereocenters. The summed E-state index contributed by atoms with van der Waals surface area (Å²) in [6, 6.07) is 8.36. The zero-order valence-electron chi connectivity index (χ0n) is 15.9. The maximum absolute atomic E-state index is 13.2. The first-order chi connectivity index (χ1) is 11.9. The summed E-state index contributed by atoms with van der Waals surface area (Å²) in [5.74, 6) is 0.0942. The number of fused-ring (bicyclic) bond motifs is 1. The summed E-state index contributed by atoms with van der Waals surface area (Å²) in [4.78, 5) is 15.2. The Hall–Kier alpha value is -2.14. The van der Waals surface area contributed by atoms with E-state index in [4.69, 9.17) is 0 Å². The molecule has 25 heavy (non-hydrogen) atoms. The van der Waals surface area contributed by atoms with Crippen molar-refractivity contribution in [3.05, 3.63) is 52.3 Å². The summed E-state index contributed by atoms with van der Waals surface area (Å²) in [7, 11) is 3.99. The number of hydrogen-bond donors (Lipinski definition) is 1. The van der Waals surface area contributed by atoms with Crippen molar-refractivity contribution in [1.82, 2.24) is 20.0 Å². The molecule has 0 fully saturated rings. The highest BCUT2D eigenvalue weighted by Crippen LogP contribution is 2.33. The van der Waals surface area contributed by atoms with Gasteiger partial charge in [-0.2, -0.15) is 5.10 Å². The van der Waals surface area contributed by atoms with Gasteiger partial charge >= 0.3 is 0 Å². The first kappa shape index (κ1) is 17.7. The molecule has 1 amide bonds. The molecule has 0 bridgehead atoms. The molecule has 0 saturated heterocycles. The van der Waals surface area contributed by atoms with Crippen LogP contribution in [0, 0.1) is 13.8 Å². The molecule has 0 saturated carbocycles. The molecule has 0 spiro atoms. The number of nitrogens with one attached hydrogen (secondary N) is 1. The average molecular weight is 340 g/mol. The average Bonchev–Trinajstić information content (AvgIpc) is 3.11. The highest BCUT2D eigenvalue weighted by molar-refractivity contribution is 5.88. The van der Waals surface area contributed by atoms with Crippen molar-refractivity contribution in [2.24, 2.45) is 0 Å². The van der Waals surface area contributed by atoms with Crippen LogP contribution in [0.25, 0.3) is 0 Å². The van der Waals surface area contributed by atoms with Crippen molar-refractivity contribution in [1.29, 1.82) is 0 Å². The molecule has 0 aliphatic heterocycles. The van der Waals surface area contributed by atoms with Gasteiger partial charge in [-0.15, -0.1) is 0 Å². The molecule has 1 heterocycles. The van der Waals surface area contributed by atoms with Gasteiger partial charge in [0.1, 0.15) is 5.54 Å². The van der Waals surface area contributed by atoms with Gasteiger partial charge in [0, 0.05) is 37.2 Å². The second kappa shape index (κ2) is 6.64. The van der Waals surface area contributed by atoms with Crippen LogP contribution in [-0.2, 0) is 30.7 Å². The van der Waals surface area contributed by atoms with Gasteiger partial charge in [0.05, 0.1) is 5.69 Å². The van der Waals surface area contributed by atoms with Crippen LogP contribution < -0.4 is 5.32 Å². The third kappa shape index (κ3) is 2.97. The van der Waals surface area contributed by atoms with Crippen molar-refractivity contribution >= 4 is 5.91 Å². The summed E-state index contributed by atoms with van der Waals surface area (Å²) >= 11 is 0. The number of carbonyl (C=O) groups excluding carboxylic acids is 1. The smallest absolute Gasteiger partial charge is 0.241 e. The first-order valence-electron chi connectivity index (χ1n) is 8.94. The molecular weight excluding hydrogens is 312 g/mol. The molecule has 134 valence electrons. The largest absolute Gasteiger partial charge is 0.350 e. The van der Waals surface area contributed by atoms with E-state index in [0.29, 0.717) is 6.54 Å². The van der Waals surface area contributed by atoms with Crippen LogP contribution in [-0.4, -0.2) is 40.2 Å². The predicted octanol–water partition coefficient (Wildman–Crippen LogP) is 2.24. The van der Waals surface area contributed by atoms with E-state index in [0.717, 1.165) is 36.3 Å². The SMILES string of the molecule is CCn1nc(C)c(CNC(=O)C2(N(C)C)Cc3ccccc3C2)c1C. The predicted molar refractivity (Wildman–Crippen MR) is 99.5 cm³/mol. The van der Waals surface area contributed by atoms with Crippen molar-refractivity contribution in [2.75, 3.05) is 14.1 Å². The quantitative estimate of drug-likeness (QED) is 0.908. The van der Waals surface area contributed by atoms with E-state index in [1.807, 2.05) is 37.8 Å². The van der Waals surface area contributed by atoms with Crippen molar-refractivity contribution < 1.29 is 4.79 Å². The minimum Gasteiger partial charge on any atom is -0.350 e. The minimum atomic E-state index is -0.508. The highest BCUT2D eigenvalue weighted by Gasteiger charge is 2.45. The van der Waals surface area contributed by atoms with E-state index >= 15 is 0 Å². The summed E-state index contributed by atoms with van der Waals surface area (Å²) in [6.45, 7) is 7.53. The summed E-state index contributed by atoms with van der Waals surface area (Å²) < 4.78 is 1.99. The monoisotopic (exact) mass is 340 g/mol. The molecule has 5 nitrogen and oxygen atoms in total. The minimum absolute atomic E-state index is 0.0942. The van der Waals surface area contributed by atoms with E-state index in [-0.39, 0.29) is 5.91 Å². The summed E-state index contributed by atoms with van der Waals surface area (Å²) in [5, 5.41) is 7.73. The number of amides is 1. The Balaban J connectivity index is 1.79. The molecule has 2 aromatic rings. The van der Waals surface area contributed by atoms with Gasteiger partial charge in [-0.1, -0.05) is 24.3 Å². The molecule has 5 heteroatoms. The lowest BCUT2D eigenvalue weighted by Gasteiger charge is -2.34. The fourth-order valence-corrected chi connectivity index (χ4v) is 3.91. The zero-order valence-corrected chi connectivity index (χ0v) is 15.9. The number of nitrogens with zero attached hydrogens (tertiary/aromatic N) is 3. The normalized spacial score (nSPS) is 15.4. The maximum atomic E-state index is 13.2. The third-order valence-electron chi connectivity index (χ3n) is 5.62. The van der Waals surface area contributed by atoms with Gasteiger partial charge in [-0.25, -0.2) is 0 Å². The van der Waals surface area contributed by atoms with Gasteiger partial charge < -0.3 is 5.32 Å². The Labute approximate surface area is 150 Å². The van der Waals surface area contributed by atoms with Crippen molar-refractivity contribution in [3.8, 4) is 0 Å². The molecule has 1 aliphatic carbocycles. The lowest BCUT2D eigenvalue weighted by atomic mass is 9.92. The van der Waals surface area contributed by atoms with Gasteiger partial charge in [-0.3, -0.25) is 14.4 Å². The van der Waals surface area contributed by atoms with Crippen molar-refractivity contribution in [3.63, 3.8) is 0 Å². The van der Waals surface area contributed by atoms with Crippen molar-refractivity contribution in [2.45, 2.75) is 52.2 Å². The second-order valence-corrected chi connectivity index (χ2v) is 7.20. The fraction of sp³-hybridized carbons (Fsp3) is 0.500. The number of benzene rings is 1. The molecule has 3 rings (SSSR count). The standard InChI is InChI=1S/C20H28N4O/c1-6-24-15(3)18(14(2)22-24)13-21-19(25)20(23(4)5)11-16-9-7-8-10-17(16)12-20/h7-10H,6,11-13H2,1-5H3,(H,21,25). The Kier molecular flexibility index (Phi) is 4.69. The number of aryl methyl sites for hydroxylation is 2. The molecule has 1 aliphatic rings. The molecule has 1 aromatic carbocycles. The Morgan fingerprint density at radius 2 is 1.84 bits per heavy atom. The van der Waals surface area contributed by atoms with Crippen LogP contribution in [0.15, 0.2) is 24.3 Å². The molecule has 1 N–H and O–H groups in total. The molecule has 0 atom stereocenters. The number of carbonyl (C=O) groups is 1. The number of rotatable bonds is 5. The van der Waals surface area contributed by atoms with E-state index < -0.39 is 5.54 Å². The van der Waals surface area contributed by atoms with Crippen LogP contribution in [0.5, 0.6) is 0 Å². The second-order valence-electron chi connectivity index (χ2n) is 7.20. The van der Waals surface area contributed by atoms with E-state index in [1.54, 1.807) is 0 Å². The lowest BCUT2D eigenvalue weighted by molar-refractivity contribution is -0.131. The fourth-order valence-electron chi connectivity index (χ4n) is 3.91. The van der Waals surface area contributed by atoms with Crippen LogP contribution >= 0.6 is 0 Å². The molecule has 1 aromatic heterocycles. The van der Waals surface area contributed by atoms with Crippen LogP contribution in [0.2, 0.25) is 0 Å². The zero-order chi connectivity index (χ0) is 18.2. The Bertz CT molecular complexity index is 766. The third-order valence-corrected chi connectivity index (χ3v) is 5.62. The first-order valence-corrected chi connectivity index (χ1v) is 8.94. The van der Waals surface area contributed by atoms with Crippen LogP contribution in [0.3, 0.4) is 0 Å². The summed E-state index contributed by atoms with van der Waals surface area (Å²) in [5.41, 5.74) is 5.29. The lowest BCUT2D eigenvalue weighted by Crippen LogP contribution is -2.57. The van der Waals surface area contributed by atoms with Gasteiger partial charge in [0.2, 0.25) is 5.91 Å². The molecule has 0 radical (unpaired) electrons. The van der Waals surface area contributed by atoms with E-state index in [9.17, 15) is 4.79 Å². The molecular formula is C20H28N4O. The highest BCUT2D eigenvalue weighted by atomic mass is 16.2. The summed E-state index contributed by atoms with van der Waals surface area (Å²) in [6.07, 6.45) is 1.52.